The van der Waals surface area contributed by atoms with Crippen molar-refractivity contribution >= 4 is 23.1 Å². The van der Waals surface area contributed by atoms with E-state index in [1.807, 2.05) is 12.1 Å². The lowest BCUT2D eigenvalue weighted by Gasteiger charge is -2.32. The molecule has 3 rings (SSSR count). The van der Waals surface area contributed by atoms with Crippen LogP contribution in [-0.4, -0.2) is 36.5 Å². The number of amides is 1. The molecule has 156 valence electrons. The highest BCUT2D eigenvalue weighted by molar-refractivity contribution is 6.30. The molecule has 0 aromatic heterocycles. The average Bonchev–Trinajstić information content (AvgIpc) is 2.74. The second-order valence-electron chi connectivity index (χ2n) is 8.37. The molecule has 1 N–H and O–H groups in total. The Morgan fingerprint density at radius 3 is 2.62 bits per heavy atom. The van der Waals surface area contributed by atoms with Gasteiger partial charge < -0.3 is 5.32 Å². The minimum Gasteiger partial charge on any atom is -0.353 e. The Morgan fingerprint density at radius 2 is 1.97 bits per heavy atom. The lowest BCUT2D eigenvalue weighted by atomic mass is 9.84. The van der Waals surface area contributed by atoms with Gasteiger partial charge in [-0.2, -0.15) is 5.26 Å². The monoisotopic (exact) mass is 413 g/mol. The number of nitrogens with zero attached hydrogens (tertiary/aromatic N) is 2. The largest absolute Gasteiger partial charge is 0.353 e. The normalized spacial score (nSPS) is 22.6. The van der Waals surface area contributed by atoms with Crippen molar-refractivity contribution in [1.82, 2.24) is 10.2 Å². The van der Waals surface area contributed by atoms with E-state index in [1.54, 1.807) is 0 Å². The molecule has 2 aliphatic rings. The van der Waals surface area contributed by atoms with Gasteiger partial charge in [-0.25, -0.2) is 0 Å². The van der Waals surface area contributed by atoms with Crippen LogP contribution in [-0.2, 0) is 4.79 Å². The van der Waals surface area contributed by atoms with Crippen molar-refractivity contribution < 1.29 is 4.79 Å². The topological polar surface area (TPSA) is 56.1 Å². The summed E-state index contributed by atoms with van der Waals surface area (Å²) < 4.78 is 0. The first-order chi connectivity index (χ1) is 14.1. The fourth-order valence-corrected chi connectivity index (χ4v) is 4.55. The highest BCUT2D eigenvalue weighted by atomic mass is 35.5. The molecule has 1 heterocycles. The summed E-state index contributed by atoms with van der Waals surface area (Å²) in [6.45, 7) is 3.33. The second kappa shape index (κ2) is 11.4. The van der Waals surface area contributed by atoms with Gasteiger partial charge in [0.05, 0.1) is 6.07 Å². The average molecular weight is 414 g/mol. The SMILES string of the molecule is N#CCCCC(=O)N[C@H]1CC[C@H](CCN2CC=C(c3ccc(Cl)cc3)CC2)CC1. The van der Waals surface area contributed by atoms with Gasteiger partial charge >= 0.3 is 0 Å². The third-order valence-electron chi connectivity index (χ3n) is 6.27. The minimum absolute atomic E-state index is 0.111. The molecule has 0 bridgehead atoms. The molecule has 1 amide bonds. The summed E-state index contributed by atoms with van der Waals surface area (Å²) in [7, 11) is 0. The summed E-state index contributed by atoms with van der Waals surface area (Å²) in [6.07, 6.45) is 10.9. The number of carbonyl (C=O) groups excluding carboxylic acids is 1. The van der Waals surface area contributed by atoms with Crippen molar-refractivity contribution in [2.45, 2.75) is 63.8 Å². The van der Waals surface area contributed by atoms with Gasteiger partial charge in [0.1, 0.15) is 0 Å². The van der Waals surface area contributed by atoms with Crippen molar-refractivity contribution in [1.29, 1.82) is 5.26 Å². The van der Waals surface area contributed by atoms with Crippen molar-refractivity contribution in [2.24, 2.45) is 5.92 Å². The standard InChI is InChI=1S/C24H32ClN3O/c25-22-8-6-20(7-9-22)21-13-17-28(18-14-21)16-12-19-4-10-23(11-5-19)27-24(29)3-1-2-15-26/h6-9,13,19,23H,1-5,10-12,14,16-18H2,(H,27,29)/t19-,23-. The van der Waals surface area contributed by atoms with E-state index in [2.05, 4.69) is 34.5 Å². The van der Waals surface area contributed by atoms with Gasteiger partial charge in [0.2, 0.25) is 5.91 Å². The van der Waals surface area contributed by atoms with E-state index in [4.69, 9.17) is 16.9 Å². The number of carbonyl (C=O) groups is 1. The molecule has 29 heavy (non-hydrogen) atoms. The maximum Gasteiger partial charge on any atom is 0.220 e. The predicted octanol–water partition coefficient (Wildman–Crippen LogP) is 5.19. The fraction of sp³-hybridized carbons (Fsp3) is 0.583. The van der Waals surface area contributed by atoms with Gasteiger partial charge in [-0.3, -0.25) is 9.69 Å². The Morgan fingerprint density at radius 1 is 1.21 bits per heavy atom. The zero-order valence-electron chi connectivity index (χ0n) is 17.2. The molecule has 1 saturated carbocycles. The summed E-state index contributed by atoms with van der Waals surface area (Å²) in [5.41, 5.74) is 2.73. The summed E-state index contributed by atoms with van der Waals surface area (Å²) in [5, 5.41) is 12.5. The lowest BCUT2D eigenvalue weighted by Crippen LogP contribution is -2.38. The van der Waals surface area contributed by atoms with Crippen LogP contribution >= 0.6 is 11.6 Å². The smallest absolute Gasteiger partial charge is 0.220 e. The van der Waals surface area contributed by atoms with Crippen molar-refractivity contribution in [3.05, 3.63) is 40.9 Å². The lowest BCUT2D eigenvalue weighted by molar-refractivity contribution is -0.122. The van der Waals surface area contributed by atoms with Gasteiger partial charge in [0, 0.05) is 37.0 Å². The highest BCUT2D eigenvalue weighted by Gasteiger charge is 2.23. The van der Waals surface area contributed by atoms with Crippen LogP contribution in [0.5, 0.6) is 0 Å². The molecule has 1 aliphatic carbocycles. The molecule has 5 heteroatoms. The van der Waals surface area contributed by atoms with E-state index < -0.39 is 0 Å². The number of halogens is 1. The Hall–Kier alpha value is -1.83. The van der Waals surface area contributed by atoms with Crippen molar-refractivity contribution in [2.75, 3.05) is 19.6 Å². The van der Waals surface area contributed by atoms with Crippen LogP contribution in [0.15, 0.2) is 30.3 Å². The quantitative estimate of drug-likeness (QED) is 0.596. The first-order valence-corrected chi connectivity index (χ1v) is 11.4. The number of hydrogen-bond acceptors (Lipinski definition) is 3. The molecule has 0 atom stereocenters. The molecule has 1 aromatic carbocycles. The molecule has 1 aliphatic heterocycles. The van der Waals surface area contributed by atoms with Crippen LogP contribution in [0.1, 0.15) is 63.4 Å². The maximum atomic E-state index is 11.9. The molecule has 0 spiro atoms. The number of unbranched alkanes of at least 4 members (excludes halogenated alkanes) is 1. The molecule has 0 unspecified atom stereocenters. The second-order valence-corrected chi connectivity index (χ2v) is 8.81. The number of benzene rings is 1. The van der Waals surface area contributed by atoms with Gasteiger partial charge in [-0.1, -0.05) is 29.8 Å². The van der Waals surface area contributed by atoms with Gasteiger partial charge in [-0.15, -0.1) is 0 Å². The number of rotatable bonds is 8. The van der Waals surface area contributed by atoms with Crippen LogP contribution in [0, 0.1) is 17.2 Å². The van der Waals surface area contributed by atoms with E-state index in [0.29, 0.717) is 25.3 Å². The number of hydrogen-bond donors (Lipinski definition) is 1. The first-order valence-electron chi connectivity index (χ1n) is 11.0. The summed E-state index contributed by atoms with van der Waals surface area (Å²) in [5.74, 6) is 0.892. The van der Waals surface area contributed by atoms with E-state index in [1.165, 1.54) is 36.9 Å². The van der Waals surface area contributed by atoms with Crippen LogP contribution < -0.4 is 5.32 Å². The molecule has 0 saturated heterocycles. The predicted molar refractivity (Wildman–Crippen MR) is 118 cm³/mol. The van der Waals surface area contributed by atoms with E-state index in [9.17, 15) is 4.79 Å². The summed E-state index contributed by atoms with van der Waals surface area (Å²) >= 11 is 5.99. The summed E-state index contributed by atoms with van der Waals surface area (Å²) in [4.78, 5) is 14.5. The molecule has 0 radical (unpaired) electrons. The Kier molecular flexibility index (Phi) is 8.58. The van der Waals surface area contributed by atoms with Crippen LogP contribution in [0.4, 0.5) is 0 Å². The van der Waals surface area contributed by atoms with Gasteiger partial charge in [0.15, 0.2) is 0 Å². The molecular weight excluding hydrogens is 382 g/mol. The number of nitrogens with one attached hydrogen (secondary N) is 1. The summed E-state index contributed by atoms with van der Waals surface area (Å²) in [6, 6.07) is 10.6. The van der Waals surface area contributed by atoms with Crippen LogP contribution in [0.25, 0.3) is 5.57 Å². The highest BCUT2D eigenvalue weighted by Crippen LogP contribution is 2.28. The number of nitriles is 1. The van der Waals surface area contributed by atoms with Crippen LogP contribution in [0.3, 0.4) is 0 Å². The van der Waals surface area contributed by atoms with E-state index in [0.717, 1.165) is 43.3 Å². The van der Waals surface area contributed by atoms with Crippen molar-refractivity contribution in [3.8, 4) is 6.07 Å². The molecule has 1 aromatic rings. The third kappa shape index (κ3) is 7.17. The molecular formula is C24H32ClN3O. The maximum absolute atomic E-state index is 11.9. The van der Waals surface area contributed by atoms with E-state index in [-0.39, 0.29) is 5.91 Å². The third-order valence-corrected chi connectivity index (χ3v) is 6.52. The van der Waals surface area contributed by atoms with Gasteiger partial charge in [0.25, 0.3) is 0 Å². The van der Waals surface area contributed by atoms with Crippen LogP contribution in [0.2, 0.25) is 5.02 Å². The van der Waals surface area contributed by atoms with E-state index >= 15 is 0 Å². The zero-order chi connectivity index (χ0) is 20.5. The zero-order valence-corrected chi connectivity index (χ0v) is 18.0. The fourth-order valence-electron chi connectivity index (χ4n) is 4.43. The molecule has 4 nitrogen and oxygen atoms in total. The minimum atomic E-state index is 0.111. The first kappa shape index (κ1) is 21.9. The Bertz CT molecular complexity index is 729. The van der Waals surface area contributed by atoms with Crippen molar-refractivity contribution in [3.63, 3.8) is 0 Å². The van der Waals surface area contributed by atoms with Gasteiger partial charge in [-0.05, 0) is 80.7 Å². The molecule has 1 fully saturated rings. The Labute approximate surface area is 179 Å². The Balaban J connectivity index is 1.32.